The van der Waals surface area contributed by atoms with Crippen LogP contribution < -0.4 is 10.2 Å². The molecule has 0 bridgehead atoms. The molecule has 0 aromatic heterocycles. The molecule has 4 nitrogen and oxygen atoms in total. The molecule has 0 spiro atoms. The highest BCUT2D eigenvalue weighted by molar-refractivity contribution is 5.94. The van der Waals surface area contributed by atoms with Gasteiger partial charge in [0.2, 0.25) is 0 Å². The SMILES string of the molecule is CC(=O)c1cc(CNO)cc(OC(C)C)c1. The van der Waals surface area contributed by atoms with Crippen molar-refractivity contribution in [2.75, 3.05) is 0 Å². The number of ketones is 1. The standard InChI is InChI=1S/C12H17NO3/c1-8(2)16-12-5-10(7-13-15)4-11(6-12)9(3)14/h4-6,8,13,15H,7H2,1-3H3. The van der Waals surface area contributed by atoms with E-state index in [0.29, 0.717) is 11.3 Å². The van der Waals surface area contributed by atoms with Crippen molar-refractivity contribution in [1.82, 2.24) is 5.48 Å². The molecule has 0 heterocycles. The van der Waals surface area contributed by atoms with Crippen LogP contribution in [0.5, 0.6) is 5.75 Å². The second-order valence-corrected chi connectivity index (χ2v) is 3.92. The van der Waals surface area contributed by atoms with E-state index in [2.05, 4.69) is 5.48 Å². The molecule has 1 aromatic carbocycles. The highest BCUT2D eigenvalue weighted by atomic mass is 16.5. The first-order valence-electron chi connectivity index (χ1n) is 5.21. The Kier molecular flexibility index (Phi) is 4.46. The van der Waals surface area contributed by atoms with E-state index in [1.54, 1.807) is 18.2 Å². The van der Waals surface area contributed by atoms with Gasteiger partial charge in [-0.3, -0.25) is 4.79 Å². The van der Waals surface area contributed by atoms with E-state index >= 15 is 0 Å². The Bertz CT molecular complexity index is 375. The number of benzene rings is 1. The lowest BCUT2D eigenvalue weighted by atomic mass is 10.1. The molecule has 0 saturated carbocycles. The van der Waals surface area contributed by atoms with Gasteiger partial charge in [0.25, 0.3) is 0 Å². The molecule has 1 aromatic rings. The van der Waals surface area contributed by atoms with Crippen LogP contribution in [0.2, 0.25) is 0 Å². The Labute approximate surface area is 95.2 Å². The summed E-state index contributed by atoms with van der Waals surface area (Å²) >= 11 is 0. The number of hydrogen-bond acceptors (Lipinski definition) is 4. The third-order valence-electron chi connectivity index (χ3n) is 2.03. The zero-order valence-corrected chi connectivity index (χ0v) is 9.78. The van der Waals surface area contributed by atoms with Crippen molar-refractivity contribution < 1.29 is 14.7 Å². The fraction of sp³-hybridized carbons (Fsp3) is 0.417. The van der Waals surface area contributed by atoms with E-state index in [4.69, 9.17) is 9.94 Å². The van der Waals surface area contributed by atoms with Crippen LogP contribution in [0.1, 0.15) is 36.7 Å². The van der Waals surface area contributed by atoms with Gasteiger partial charge in [-0.15, -0.1) is 0 Å². The quantitative estimate of drug-likeness (QED) is 0.593. The molecule has 0 aliphatic rings. The van der Waals surface area contributed by atoms with Crippen LogP contribution in [-0.2, 0) is 6.54 Å². The number of carbonyl (C=O) groups excluding carboxylic acids is 1. The van der Waals surface area contributed by atoms with E-state index in [0.717, 1.165) is 5.56 Å². The highest BCUT2D eigenvalue weighted by Crippen LogP contribution is 2.19. The maximum atomic E-state index is 11.3. The number of carbonyl (C=O) groups is 1. The molecule has 4 heteroatoms. The summed E-state index contributed by atoms with van der Waals surface area (Å²) in [4.78, 5) is 11.3. The lowest BCUT2D eigenvalue weighted by Gasteiger charge is -2.12. The van der Waals surface area contributed by atoms with Gasteiger partial charge in [-0.1, -0.05) is 0 Å². The van der Waals surface area contributed by atoms with Crippen LogP contribution in [-0.4, -0.2) is 17.1 Å². The summed E-state index contributed by atoms with van der Waals surface area (Å²) in [5.74, 6) is 0.626. The van der Waals surface area contributed by atoms with Crippen LogP contribution in [0, 0.1) is 0 Å². The number of hydroxylamine groups is 1. The molecule has 16 heavy (non-hydrogen) atoms. The lowest BCUT2D eigenvalue weighted by Crippen LogP contribution is -2.10. The van der Waals surface area contributed by atoms with E-state index in [9.17, 15) is 4.79 Å². The summed E-state index contributed by atoms with van der Waals surface area (Å²) in [6.07, 6.45) is 0.0529. The third-order valence-corrected chi connectivity index (χ3v) is 2.03. The van der Waals surface area contributed by atoms with Crippen LogP contribution in [0.4, 0.5) is 0 Å². The predicted molar refractivity (Wildman–Crippen MR) is 60.8 cm³/mol. The van der Waals surface area contributed by atoms with E-state index < -0.39 is 0 Å². The fourth-order valence-electron chi connectivity index (χ4n) is 1.40. The maximum Gasteiger partial charge on any atom is 0.159 e. The highest BCUT2D eigenvalue weighted by Gasteiger charge is 2.06. The van der Waals surface area contributed by atoms with Crippen LogP contribution >= 0.6 is 0 Å². The minimum Gasteiger partial charge on any atom is -0.491 e. The van der Waals surface area contributed by atoms with Gasteiger partial charge in [-0.2, -0.15) is 0 Å². The van der Waals surface area contributed by atoms with Gasteiger partial charge in [0.1, 0.15) is 5.75 Å². The van der Waals surface area contributed by atoms with Crippen LogP contribution in [0.25, 0.3) is 0 Å². The molecule has 1 rings (SSSR count). The first kappa shape index (κ1) is 12.7. The Morgan fingerprint density at radius 3 is 2.62 bits per heavy atom. The van der Waals surface area contributed by atoms with Gasteiger partial charge < -0.3 is 9.94 Å². The minimum atomic E-state index is -0.0200. The molecule has 0 radical (unpaired) electrons. The second kappa shape index (κ2) is 5.63. The van der Waals surface area contributed by atoms with Crippen molar-refractivity contribution >= 4 is 5.78 Å². The molecular formula is C12H17NO3. The van der Waals surface area contributed by atoms with Crippen LogP contribution in [0.3, 0.4) is 0 Å². The van der Waals surface area contributed by atoms with E-state index in [-0.39, 0.29) is 18.4 Å². The Morgan fingerprint density at radius 2 is 2.12 bits per heavy atom. The largest absolute Gasteiger partial charge is 0.491 e. The van der Waals surface area contributed by atoms with Gasteiger partial charge in [0.05, 0.1) is 6.10 Å². The van der Waals surface area contributed by atoms with Crippen molar-refractivity contribution in [2.24, 2.45) is 0 Å². The average Bonchev–Trinajstić information content (AvgIpc) is 2.16. The molecule has 88 valence electrons. The monoisotopic (exact) mass is 223 g/mol. The summed E-state index contributed by atoms with van der Waals surface area (Å²) in [7, 11) is 0. The molecule has 0 amide bonds. The molecule has 2 N–H and O–H groups in total. The minimum absolute atomic E-state index is 0.0200. The van der Waals surface area contributed by atoms with Crippen molar-refractivity contribution in [3.8, 4) is 5.75 Å². The first-order valence-corrected chi connectivity index (χ1v) is 5.21. The summed E-state index contributed by atoms with van der Waals surface area (Å²) in [5.41, 5.74) is 3.46. The number of rotatable bonds is 5. The molecule has 0 atom stereocenters. The first-order chi connectivity index (χ1) is 7.52. The molecule has 0 unspecified atom stereocenters. The predicted octanol–water partition coefficient (Wildman–Crippen LogP) is 2.16. The number of ether oxygens (including phenoxy) is 1. The lowest BCUT2D eigenvalue weighted by molar-refractivity contribution is 0.101. The zero-order chi connectivity index (χ0) is 12.1. The zero-order valence-electron chi connectivity index (χ0n) is 9.78. The molecule has 0 aliphatic heterocycles. The Hall–Kier alpha value is -1.39. The van der Waals surface area contributed by atoms with Gasteiger partial charge in [0.15, 0.2) is 5.78 Å². The topological polar surface area (TPSA) is 58.6 Å². The molecule has 0 saturated heterocycles. The Balaban J connectivity index is 3.03. The van der Waals surface area contributed by atoms with Gasteiger partial charge >= 0.3 is 0 Å². The van der Waals surface area contributed by atoms with Crippen molar-refractivity contribution in [3.05, 3.63) is 29.3 Å². The summed E-state index contributed by atoms with van der Waals surface area (Å²) in [6.45, 7) is 5.63. The number of hydrogen-bond donors (Lipinski definition) is 2. The number of Topliss-reactive ketones (excluding diaryl/α,β-unsaturated/α-hetero) is 1. The molecule has 0 fully saturated rings. The third kappa shape index (κ3) is 3.64. The van der Waals surface area contributed by atoms with Gasteiger partial charge in [0, 0.05) is 12.1 Å². The summed E-state index contributed by atoms with van der Waals surface area (Å²) in [5, 5.41) is 8.65. The van der Waals surface area contributed by atoms with Gasteiger partial charge in [-0.25, -0.2) is 5.48 Å². The smallest absolute Gasteiger partial charge is 0.159 e. The molecular weight excluding hydrogens is 206 g/mol. The molecule has 0 aliphatic carbocycles. The van der Waals surface area contributed by atoms with Gasteiger partial charge in [-0.05, 0) is 44.5 Å². The summed E-state index contributed by atoms with van der Waals surface area (Å²) < 4.78 is 5.53. The van der Waals surface area contributed by atoms with Crippen molar-refractivity contribution in [3.63, 3.8) is 0 Å². The Morgan fingerprint density at radius 1 is 1.44 bits per heavy atom. The fourth-order valence-corrected chi connectivity index (χ4v) is 1.40. The maximum absolute atomic E-state index is 11.3. The van der Waals surface area contributed by atoms with E-state index in [1.807, 2.05) is 13.8 Å². The number of nitrogens with one attached hydrogen (secondary N) is 1. The summed E-state index contributed by atoms with van der Waals surface area (Å²) in [6, 6.07) is 5.25. The van der Waals surface area contributed by atoms with Crippen LogP contribution in [0.15, 0.2) is 18.2 Å². The second-order valence-electron chi connectivity index (χ2n) is 3.92. The van der Waals surface area contributed by atoms with Crippen molar-refractivity contribution in [2.45, 2.75) is 33.4 Å². The van der Waals surface area contributed by atoms with Crippen molar-refractivity contribution in [1.29, 1.82) is 0 Å². The normalized spacial score (nSPS) is 10.6. The van der Waals surface area contributed by atoms with E-state index in [1.165, 1.54) is 6.92 Å². The average molecular weight is 223 g/mol.